The van der Waals surface area contributed by atoms with Gasteiger partial charge in [-0.2, -0.15) is 0 Å². The van der Waals surface area contributed by atoms with Gasteiger partial charge in [-0.05, 0) is 18.8 Å². The predicted molar refractivity (Wildman–Crippen MR) is 64.4 cm³/mol. The molecule has 4 heteroatoms. The number of rotatable bonds is 4. The Kier molecular flexibility index (Phi) is 4.32. The van der Waals surface area contributed by atoms with Crippen LogP contribution in [0.15, 0.2) is 11.6 Å². The van der Waals surface area contributed by atoms with Crippen LogP contribution >= 0.6 is 11.3 Å². The van der Waals surface area contributed by atoms with Gasteiger partial charge in [-0.25, -0.2) is 4.98 Å². The highest BCUT2D eigenvalue weighted by atomic mass is 32.1. The molecule has 2 rings (SSSR count). The monoisotopic (exact) mass is 241 g/mol. The van der Waals surface area contributed by atoms with E-state index in [0.29, 0.717) is 6.42 Å². The molecule has 16 heavy (non-hydrogen) atoms. The van der Waals surface area contributed by atoms with Crippen molar-refractivity contribution in [2.75, 3.05) is 0 Å². The SMILES string of the molecule is OC(Cc1nccs1)C(O)C1CCCCC1. The average Bonchev–Trinajstić information content (AvgIpc) is 2.82. The lowest BCUT2D eigenvalue weighted by Gasteiger charge is -2.29. The minimum Gasteiger partial charge on any atom is -0.390 e. The molecule has 1 fully saturated rings. The molecular weight excluding hydrogens is 222 g/mol. The fourth-order valence-corrected chi connectivity index (χ4v) is 3.11. The Labute approximate surface area is 100 Å². The first-order valence-corrected chi connectivity index (χ1v) is 6.90. The van der Waals surface area contributed by atoms with Gasteiger partial charge in [0.05, 0.1) is 17.2 Å². The average molecular weight is 241 g/mol. The van der Waals surface area contributed by atoms with Gasteiger partial charge in [0.2, 0.25) is 0 Å². The zero-order chi connectivity index (χ0) is 11.4. The minimum absolute atomic E-state index is 0.281. The van der Waals surface area contributed by atoms with Gasteiger partial charge in [-0.1, -0.05) is 19.3 Å². The zero-order valence-corrected chi connectivity index (χ0v) is 10.2. The molecule has 0 radical (unpaired) electrons. The van der Waals surface area contributed by atoms with Gasteiger partial charge in [0.1, 0.15) is 0 Å². The third-order valence-electron chi connectivity index (χ3n) is 3.39. The molecule has 2 atom stereocenters. The Morgan fingerprint density at radius 2 is 2.06 bits per heavy atom. The van der Waals surface area contributed by atoms with Crippen LogP contribution in [0.5, 0.6) is 0 Å². The van der Waals surface area contributed by atoms with E-state index in [1.165, 1.54) is 30.6 Å². The fraction of sp³-hybridized carbons (Fsp3) is 0.750. The van der Waals surface area contributed by atoms with Gasteiger partial charge in [0.15, 0.2) is 0 Å². The summed E-state index contributed by atoms with van der Waals surface area (Å²) in [7, 11) is 0. The Morgan fingerprint density at radius 3 is 2.69 bits per heavy atom. The van der Waals surface area contributed by atoms with Crippen molar-refractivity contribution < 1.29 is 10.2 Å². The molecule has 90 valence electrons. The molecule has 1 aromatic rings. The molecule has 1 aliphatic rings. The Hall–Kier alpha value is -0.450. The Balaban J connectivity index is 1.85. The highest BCUT2D eigenvalue weighted by Gasteiger charge is 2.28. The zero-order valence-electron chi connectivity index (χ0n) is 9.38. The summed E-state index contributed by atoms with van der Waals surface area (Å²) in [6, 6.07) is 0. The van der Waals surface area contributed by atoms with Gasteiger partial charge in [-0.15, -0.1) is 11.3 Å². The second kappa shape index (κ2) is 5.75. The van der Waals surface area contributed by atoms with Crippen LogP contribution in [0.3, 0.4) is 0 Å². The maximum atomic E-state index is 10.1. The van der Waals surface area contributed by atoms with Crippen LogP contribution in [-0.2, 0) is 6.42 Å². The molecule has 2 unspecified atom stereocenters. The minimum atomic E-state index is -0.658. The van der Waals surface area contributed by atoms with Crippen LogP contribution in [0.25, 0.3) is 0 Å². The summed E-state index contributed by atoms with van der Waals surface area (Å²) < 4.78 is 0. The van der Waals surface area contributed by atoms with Gasteiger partial charge in [0, 0.05) is 18.0 Å². The molecule has 0 saturated heterocycles. The summed E-state index contributed by atoms with van der Waals surface area (Å²) in [6.45, 7) is 0. The molecular formula is C12H19NO2S. The number of aliphatic hydroxyl groups is 2. The van der Waals surface area contributed by atoms with Gasteiger partial charge < -0.3 is 10.2 Å². The molecule has 0 aromatic carbocycles. The summed E-state index contributed by atoms with van der Waals surface area (Å²) >= 11 is 1.53. The molecule has 1 saturated carbocycles. The van der Waals surface area contributed by atoms with Crippen molar-refractivity contribution in [3.05, 3.63) is 16.6 Å². The number of hydrogen-bond acceptors (Lipinski definition) is 4. The lowest BCUT2D eigenvalue weighted by Crippen LogP contribution is -2.36. The molecule has 0 aliphatic heterocycles. The van der Waals surface area contributed by atoms with Crippen LogP contribution < -0.4 is 0 Å². The first kappa shape index (κ1) is 12.0. The number of thiazole rings is 1. The van der Waals surface area contributed by atoms with Crippen LogP contribution in [0, 0.1) is 5.92 Å². The number of aromatic nitrogens is 1. The fourth-order valence-electron chi connectivity index (χ4n) is 2.44. The molecule has 1 heterocycles. The standard InChI is InChI=1S/C12H19NO2S/c14-10(8-11-13-6-7-16-11)12(15)9-4-2-1-3-5-9/h6-7,9-10,12,14-15H,1-5,8H2. The molecule has 0 bridgehead atoms. The maximum Gasteiger partial charge on any atom is 0.0951 e. The first-order valence-electron chi connectivity index (χ1n) is 6.02. The van der Waals surface area contributed by atoms with E-state index in [2.05, 4.69) is 4.98 Å². The normalized spacial score (nSPS) is 21.9. The quantitative estimate of drug-likeness (QED) is 0.847. The van der Waals surface area contributed by atoms with E-state index in [-0.39, 0.29) is 5.92 Å². The van der Waals surface area contributed by atoms with E-state index in [0.717, 1.165) is 17.8 Å². The number of nitrogens with zero attached hydrogens (tertiary/aromatic N) is 1. The predicted octanol–water partition coefficient (Wildman–Crippen LogP) is 1.99. The smallest absolute Gasteiger partial charge is 0.0951 e. The third kappa shape index (κ3) is 3.03. The molecule has 2 N–H and O–H groups in total. The number of aliphatic hydroxyl groups excluding tert-OH is 2. The van der Waals surface area contributed by atoms with Crippen molar-refractivity contribution in [3.63, 3.8) is 0 Å². The molecule has 0 amide bonds. The van der Waals surface area contributed by atoms with Crippen molar-refractivity contribution in [1.82, 2.24) is 4.98 Å². The highest BCUT2D eigenvalue weighted by Crippen LogP contribution is 2.28. The van der Waals surface area contributed by atoms with Crippen LogP contribution in [0.2, 0.25) is 0 Å². The van der Waals surface area contributed by atoms with Crippen molar-refractivity contribution in [2.45, 2.75) is 50.7 Å². The van der Waals surface area contributed by atoms with E-state index < -0.39 is 12.2 Å². The van der Waals surface area contributed by atoms with Crippen LogP contribution in [-0.4, -0.2) is 27.4 Å². The summed E-state index contributed by atoms with van der Waals surface area (Å²) in [6.07, 6.45) is 6.73. The summed E-state index contributed by atoms with van der Waals surface area (Å²) in [5.41, 5.74) is 0. The van der Waals surface area contributed by atoms with E-state index in [9.17, 15) is 10.2 Å². The Bertz CT molecular complexity index is 296. The molecule has 1 aliphatic carbocycles. The molecule has 3 nitrogen and oxygen atoms in total. The molecule has 1 aromatic heterocycles. The second-order valence-electron chi connectivity index (χ2n) is 4.59. The Morgan fingerprint density at radius 1 is 1.31 bits per heavy atom. The lowest BCUT2D eigenvalue weighted by molar-refractivity contribution is -0.0263. The van der Waals surface area contributed by atoms with Crippen LogP contribution in [0.1, 0.15) is 37.1 Å². The second-order valence-corrected chi connectivity index (χ2v) is 5.57. The van der Waals surface area contributed by atoms with Gasteiger partial charge >= 0.3 is 0 Å². The first-order chi connectivity index (χ1) is 7.77. The van der Waals surface area contributed by atoms with Crippen molar-refractivity contribution in [3.8, 4) is 0 Å². The van der Waals surface area contributed by atoms with Gasteiger partial charge in [-0.3, -0.25) is 0 Å². The van der Waals surface area contributed by atoms with E-state index >= 15 is 0 Å². The van der Waals surface area contributed by atoms with Crippen molar-refractivity contribution in [2.24, 2.45) is 5.92 Å². The summed E-state index contributed by atoms with van der Waals surface area (Å²) in [5.74, 6) is 0.281. The highest BCUT2D eigenvalue weighted by molar-refractivity contribution is 7.09. The summed E-state index contributed by atoms with van der Waals surface area (Å²) in [4.78, 5) is 4.13. The van der Waals surface area contributed by atoms with Crippen molar-refractivity contribution in [1.29, 1.82) is 0 Å². The van der Waals surface area contributed by atoms with Gasteiger partial charge in [0.25, 0.3) is 0 Å². The van der Waals surface area contributed by atoms with E-state index in [1.54, 1.807) is 6.20 Å². The lowest BCUT2D eigenvalue weighted by atomic mass is 9.83. The topological polar surface area (TPSA) is 53.4 Å². The summed E-state index contributed by atoms with van der Waals surface area (Å²) in [5, 5.41) is 22.8. The molecule has 0 spiro atoms. The maximum absolute atomic E-state index is 10.1. The third-order valence-corrected chi connectivity index (χ3v) is 4.20. The van der Waals surface area contributed by atoms with Crippen LogP contribution in [0.4, 0.5) is 0 Å². The number of hydrogen-bond donors (Lipinski definition) is 2. The van der Waals surface area contributed by atoms with E-state index in [1.807, 2.05) is 5.38 Å². The van der Waals surface area contributed by atoms with E-state index in [4.69, 9.17) is 0 Å². The largest absolute Gasteiger partial charge is 0.390 e. The van der Waals surface area contributed by atoms with Crippen molar-refractivity contribution >= 4 is 11.3 Å².